The average molecular weight is 504 g/mol. The Morgan fingerprint density at radius 3 is 2.12 bits per heavy atom. The number of carbonyl (C=O) groups is 1. The number of nitrogens with two attached hydrogens (primary N) is 1. The fraction of sp³-hybridized carbons (Fsp3) is 0.174. The number of benzene rings is 3. The number of primary sulfonamides is 1. The average Bonchev–Trinajstić information content (AvgIpc) is 2.79. The van der Waals surface area contributed by atoms with Gasteiger partial charge in [0, 0.05) is 5.69 Å². The first-order valence-electron chi connectivity index (χ1n) is 10.1. The van der Waals surface area contributed by atoms with Crippen molar-refractivity contribution in [3.63, 3.8) is 0 Å². The van der Waals surface area contributed by atoms with Gasteiger partial charge in [0.2, 0.25) is 26.0 Å². The first-order valence-corrected chi connectivity index (χ1v) is 13.2. The van der Waals surface area contributed by atoms with Gasteiger partial charge in [-0.05, 0) is 66.9 Å². The molecule has 0 saturated carbocycles. The lowest BCUT2D eigenvalue weighted by Crippen LogP contribution is -2.45. The number of aryl methyl sites for hydroxylation is 1. The predicted octanol–water partition coefficient (Wildman–Crippen LogP) is 2.18. The maximum Gasteiger partial charge on any atom is 0.242 e. The highest BCUT2D eigenvalue weighted by Gasteiger charge is 2.27. The Morgan fingerprint density at radius 1 is 0.941 bits per heavy atom. The zero-order valence-electron chi connectivity index (χ0n) is 18.6. The van der Waals surface area contributed by atoms with E-state index in [1.165, 1.54) is 43.5 Å². The zero-order chi connectivity index (χ0) is 24.9. The number of methoxy groups -OCH3 is 1. The van der Waals surface area contributed by atoms with Crippen LogP contribution in [0.5, 0.6) is 5.75 Å². The number of ether oxygens (including phenoxy) is 1. The second-order valence-corrected chi connectivity index (χ2v) is 10.8. The van der Waals surface area contributed by atoms with E-state index in [0.717, 1.165) is 5.56 Å². The van der Waals surface area contributed by atoms with Gasteiger partial charge in [-0.25, -0.2) is 22.0 Å². The Hall–Kier alpha value is -3.25. The van der Waals surface area contributed by atoms with Gasteiger partial charge >= 0.3 is 0 Å². The molecular weight excluding hydrogens is 478 g/mol. The van der Waals surface area contributed by atoms with Gasteiger partial charge in [-0.1, -0.05) is 30.3 Å². The summed E-state index contributed by atoms with van der Waals surface area (Å²) >= 11 is 0. The third kappa shape index (κ3) is 6.41. The molecular formula is C23H25N3O6S2. The van der Waals surface area contributed by atoms with Gasteiger partial charge in [0.25, 0.3) is 0 Å². The van der Waals surface area contributed by atoms with Crippen molar-refractivity contribution in [2.75, 3.05) is 12.4 Å². The first kappa shape index (κ1) is 25.4. The standard InChI is InChI=1S/C23H25N3O6S2/c1-16-14-20(12-13-22(16)32-2)34(30,31)26-21(15-17-6-4-3-5-7-17)23(27)25-18-8-10-19(11-9-18)33(24,28)29/h3-14,21,26H,15H2,1-2H3,(H,25,27)(H2,24,28,29)/t21-/m1/s1. The highest BCUT2D eigenvalue weighted by molar-refractivity contribution is 7.89. The lowest BCUT2D eigenvalue weighted by Gasteiger charge is -2.19. The molecule has 4 N–H and O–H groups in total. The summed E-state index contributed by atoms with van der Waals surface area (Å²) in [5, 5.41) is 7.72. The highest BCUT2D eigenvalue weighted by Crippen LogP contribution is 2.22. The van der Waals surface area contributed by atoms with Crippen LogP contribution in [0, 0.1) is 6.92 Å². The number of carbonyl (C=O) groups excluding carboxylic acids is 1. The van der Waals surface area contributed by atoms with E-state index in [0.29, 0.717) is 11.3 Å². The second kappa shape index (κ2) is 10.3. The number of anilines is 1. The van der Waals surface area contributed by atoms with E-state index in [1.807, 2.05) is 6.07 Å². The fourth-order valence-electron chi connectivity index (χ4n) is 3.27. The van der Waals surface area contributed by atoms with Crippen LogP contribution < -0.4 is 19.9 Å². The Morgan fingerprint density at radius 2 is 1.56 bits per heavy atom. The Kier molecular flexibility index (Phi) is 7.72. The normalized spacial score (nSPS) is 12.7. The van der Waals surface area contributed by atoms with Crippen LogP contribution in [0.1, 0.15) is 11.1 Å². The fourth-order valence-corrected chi connectivity index (χ4v) is 5.06. The minimum Gasteiger partial charge on any atom is -0.496 e. The molecule has 0 unspecified atom stereocenters. The summed E-state index contributed by atoms with van der Waals surface area (Å²) in [6.45, 7) is 1.72. The van der Waals surface area contributed by atoms with Crippen LogP contribution in [0.15, 0.2) is 82.6 Å². The molecule has 0 aliphatic heterocycles. The summed E-state index contributed by atoms with van der Waals surface area (Å²) in [5.74, 6) is -0.0681. The Balaban J connectivity index is 1.87. The van der Waals surface area contributed by atoms with E-state index in [9.17, 15) is 21.6 Å². The summed E-state index contributed by atoms with van der Waals surface area (Å²) in [7, 11) is -6.44. The molecule has 11 heteroatoms. The molecule has 3 aromatic carbocycles. The van der Waals surface area contributed by atoms with Gasteiger partial charge in [0.05, 0.1) is 16.9 Å². The number of hydrogen-bond acceptors (Lipinski definition) is 6. The first-order chi connectivity index (χ1) is 16.0. The summed E-state index contributed by atoms with van der Waals surface area (Å²) in [6, 6.07) is 17.5. The van der Waals surface area contributed by atoms with Gasteiger partial charge in [0.15, 0.2) is 0 Å². The Labute approximate surface area is 199 Å². The molecule has 0 aliphatic carbocycles. The third-order valence-corrected chi connectivity index (χ3v) is 7.42. The highest BCUT2D eigenvalue weighted by atomic mass is 32.2. The third-order valence-electron chi connectivity index (χ3n) is 5.02. The molecule has 0 fully saturated rings. The number of rotatable bonds is 9. The van der Waals surface area contributed by atoms with Gasteiger partial charge < -0.3 is 10.1 Å². The van der Waals surface area contributed by atoms with E-state index in [1.54, 1.807) is 37.3 Å². The van der Waals surface area contributed by atoms with Crippen molar-refractivity contribution in [1.29, 1.82) is 0 Å². The van der Waals surface area contributed by atoms with E-state index in [4.69, 9.17) is 9.88 Å². The SMILES string of the molecule is COc1ccc(S(=O)(=O)N[C@H](Cc2ccccc2)C(=O)Nc2ccc(S(N)(=O)=O)cc2)cc1C. The van der Waals surface area contributed by atoms with Crippen LogP contribution in [-0.4, -0.2) is 35.9 Å². The van der Waals surface area contributed by atoms with Crippen molar-refractivity contribution in [1.82, 2.24) is 4.72 Å². The molecule has 1 amide bonds. The zero-order valence-corrected chi connectivity index (χ0v) is 20.2. The largest absolute Gasteiger partial charge is 0.496 e. The molecule has 0 aromatic heterocycles. The van der Waals surface area contributed by atoms with Crippen LogP contribution in [0.3, 0.4) is 0 Å². The van der Waals surface area contributed by atoms with Crippen LogP contribution in [0.4, 0.5) is 5.69 Å². The van der Waals surface area contributed by atoms with Crippen molar-refractivity contribution in [3.05, 3.63) is 83.9 Å². The van der Waals surface area contributed by atoms with E-state index in [-0.39, 0.29) is 21.9 Å². The summed E-state index contributed by atoms with van der Waals surface area (Å²) < 4.78 is 56.7. The molecule has 9 nitrogen and oxygen atoms in total. The molecule has 0 spiro atoms. The molecule has 0 radical (unpaired) electrons. The topological polar surface area (TPSA) is 145 Å². The summed E-state index contributed by atoms with van der Waals surface area (Å²) in [5.41, 5.74) is 1.67. The molecule has 0 bridgehead atoms. The molecule has 0 heterocycles. The van der Waals surface area contributed by atoms with Crippen molar-refractivity contribution in [3.8, 4) is 5.75 Å². The van der Waals surface area contributed by atoms with Crippen molar-refractivity contribution in [2.45, 2.75) is 29.2 Å². The number of hydrogen-bond donors (Lipinski definition) is 3. The number of amides is 1. The lowest BCUT2D eigenvalue weighted by molar-refractivity contribution is -0.117. The maximum atomic E-state index is 13.1. The molecule has 0 aliphatic rings. The van der Waals surface area contributed by atoms with Gasteiger partial charge in [-0.3, -0.25) is 4.79 Å². The smallest absolute Gasteiger partial charge is 0.242 e. The molecule has 0 saturated heterocycles. The summed E-state index contributed by atoms with van der Waals surface area (Å²) in [6.07, 6.45) is 0.0936. The van der Waals surface area contributed by atoms with Crippen LogP contribution >= 0.6 is 0 Å². The molecule has 3 aromatic rings. The number of sulfonamides is 2. The molecule has 180 valence electrons. The Bertz CT molecular complexity index is 1370. The molecule has 3 rings (SSSR count). The molecule has 34 heavy (non-hydrogen) atoms. The number of nitrogens with one attached hydrogen (secondary N) is 2. The van der Waals surface area contributed by atoms with Crippen LogP contribution in [0.25, 0.3) is 0 Å². The van der Waals surface area contributed by atoms with Crippen molar-refractivity contribution >= 4 is 31.6 Å². The van der Waals surface area contributed by atoms with E-state index in [2.05, 4.69) is 10.0 Å². The predicted molar refractivity (Wildman–Crippen MR) is 128 cm³/mol. The van der Waals surface area contributed by atoms with Crippen LogP contribution in [-0.2, 0) is 31.3 Å². The quantitative estimate of drug-likeness (QED) is 0.408. The van der Waals surface area contributed by atoms with Gasteiger partial charge in [-0.2, -0.15) is 4.72 Å². The minimum absolute atomic E-state index is 0.00540. The maximum absolute atomic E-state index is 13.1. The van der Waals surface area contributed by atoms with Gasteiger partial charge in [-0.15, -0.1) is 0 Å². The van der Waals surface area contributed by atoms with Crippen LogP contribution in [0.2, 0.25) is 0 Å². The monoisotopic (exact) mass is 503 g/mol. The van der Waals surface area contributed by atoms with E-state index < -0.39 is 32.0 Å². The van der Waals surface area contributed by atoms with Crippen molar-refractivity contribution < 1.29 is 26.4 Å². The van der Waals surface area contributed by atoms with Gasteiger partial charge in [0.1, 0.15) is 11.8 Å². The van der Waals surface area contributed by atoms with E-state index >= 15 is 0 Å². The van der Waals surface area contributed by atoms with Crippen molar-refractivity contribution in [2.24, 2.45) is 5.14 Å². The lowest BCUT2D eigenvalue weighted by atomic mass is 10.1. The summed E-state index contributed by atoms with van der Waals surface area (Å²) in [4.78, 5) is 13.0. The second-order valence-electron chi connectivity index (χ2n) is 7.55. The molecule has 1 atom stereocenters. The minimum atomic E-state index is -4.05.